The first kappa shape index (κ1) is 12.5. The number of aryl methyl sites for hydroxylation is 2. The van der Waals surface area contributed by atoms with Gasteiger partial charge in [-0.2, -0.15) is 0 Å². The Kier molecular flexibility index (Phi) is 3.55. The number of carboxylic acids is 1. The standard InChI is InChI=1S/C12H16O4/c1-8-4-5-9(2)10(6-8)16-7-12(3,15)11(13)14/h4-6,15H,7H2,1-3H3,(H,13,14). The summed E-state index contributed by atoms with van der Waals surface area (Å²) in [5, 5.41) is 18.2. The third kappa shape index (κ3) is 2.97. The zero-order valence-electron chi connectivity index (χ0n) is 9.65. The quantitative estimate of drug-likeness (QED) is 0.813. The van der Waals surface area contributed by atoms with Crippen molar-refractivity contribution in [2.75, 3.05) is 6.61 Å². The lowest BCUT2D eigenvalue weighted by Gasteiger charge is -2.19. The molecule has 0 bridgehead atoms. The van der Waals surface area contributed by atoms with Crippen molar-refractivity contribution in [2.24, 2.45) is 0 Å². The molecule has 1 aromatic rings. The summed E-state index contributed by atoms with van der Waals surface area (Å²) in [6.45, 7) is 4.72. The summed E-state index contributed by atoms with van der Waals surface area (Å²) < 4.78 is 5.31. The highest BCUT2D eigenvalue weighted by Gasteiger charge is 2.31. The van der Waals surface area contributed by atoms with Crippen LogP contribution in [-0.2, 0) is 4.79 Å². The van der Waals surface area contributed by atoms with Crippen LogP contribution < -0.4 is 4.74 Å². The lowest BCUT2D eigenvalue weighted by Crippen LogP contribution is -2.41. The van der Waals surface area contributed by atoms with E-state index in [2.05, 4.69) is 0 Å². The van der Waals surface area contributed by atoms with E-state index in [0.29, 0.717) is 5.75 Å². The number of aliphatic carboxylic acids is 1. The van der Waals surface area contributed by atoms with E-state index >= 15 is 0 Å². The smallest absolute Gasteiger partial charge is 0.339 e. The molecule has 0 radical (unpaired) electrons. The summed E-state index contributed by atoms with van der Waals surface area (Å²) in [6, 6.07) is 5.64. The summed E-state index contributed by atoms with van der Waals surface area (Å²) >= 11 is 0. The van der Waals surface area contributed by atoms with Gasteiger partial charge in [0.2, 0.25) is 0 Å². The molecule has 4 nitrogen and oxygen atoms in total. The maximum absolute atomic E-state index is 10.7. The van der Waals surface area contributed by atoms with Crippen LogP contribution in [0.3, 0.4) is 0 Å². The predicted molar refractivity (Wildman–Crippen MR) is 59.7 cm³/mol. The fraction of sp³-hybridized carbons (Fsp3) is 0.417. The second-order valence-corrected chi connectivity index (χ2v) is 4.14. The van der Waals surface area contributed by atoms with Crippen LogP contribution >= 0.6 is 0 Å². The van der Waals surface area contributed by atoms with E-state index in [0.717, 1.165) is 11.1 Å². The van der Waals surface area contributed by atoms with E-state index < -0.39 is 11.6 Å². The monoisotopic (exact) mass is 224 g/mol. The molecule has 88 valence electrons. The molecular formula is C12H16O4. The molecule has 0 heterocycles. The maximum Gasteiger partial charge on any atom is 0.339 e. The molecule has 1 unspecified atom stereocenters. The Morgan fingerprint density at radius 2 is 2.06 bits per heavy atom. The molecule has 0 amide bonds. The summed E-state index contributed by atoms with van der Waals surface area (Å²) in [6.07, 6.45) is 0. The molecule has 0 aliphatic carbocycles. The van der Waals surface area contributed by atoms with E-state index in [1.165, 1.54) is 6.92 Å². The van der Waals surface area contributed by atoms with E-state index in [9.17, 15) is 9.90 Å². The average molecular weight is 224 g/mol. The van der Waals surface area contributed by atoms with Crippen LogP contribution in [0.2, 0.25) is 0 Å². The molecule has 1 rings (SSSR count). The Morgan fingerprint density at radius 3 is 2.62 bits per heavy atom. The predicted octanol–water partition coefficient (Wildman–Crippen LogP) is 1.52. The molecule has 2 N–H and O–H groups in total. The van der Waals surface area contributed by atoms with Crippen molar-refractivity contribution in [3.63, 3.8) is 0 Å². The Morgan fingerprint density at radius 1 is 1.44 bits per heavy atom. The first-order valence-corrected chi connectivity index (χ1v) is 4.99. The van der Waals surface area contributed by atoms with E-state index in [1.807, 2.05) is 32.0 Å². The summed E-state index contributed by atoms with van der Waals surface area (Å²) in [5.41, 5.74) is 0.0678. The normalized spacial score (nSPS) is 14.2. The zero-order valence-corrected chi connectivity index (χ0v) is 9.65. The minimum Gasteiger partial charge on any atom is -0.490 e. The Balaban J connectivity index is 2.75. The summed E-state index contributed by atoms with van der Waals surface area (Å²) in [7, 11) is 0. The highest BCUT2D eigenvalue weighted by molar-refractivity contribution is 5.76. The summed E-state index contributed by atoms with van der Waals surface area (Å²) in [5.74, 6) is -0.695. The Labute approximate surface area is 94.5 Å². The molecule has 1 aromatic carbocycles. The van der Waals surface area contributed by atoms with Crippen molar-refractivity contribution in [1.29, 1.82) is 0 Å². The van der Waals surface area contributed by atoms with Gasteiger partial charge in [0.1, 0.15) is 12.4 Å². The van der Waals surface area contributed by atoms with Crippen LogP contribution in [0.15, 0.2) is 18.2 Å². The second kappa shape index (κ2) is 4.53. The van der Waals surface area contributed by atoms with E-state index in [1.54, 1.807) is 0 Å². The third-order valence-corrected chi connectivity index (χ3v) is 2.31. The lowest BCUT2D eigenvalue weighted by atomic mass is 10.1. The highest BCUT2D eigenvalue weighted by atomic mass is 16.5. The number of rotatable bonds is 4. The van der Waals surface area contributed by atoms with Gasteiger partial charge in [0, 0.05) is 0 Å². The number of carbonyl (C=O) groups is 1. The number of benzene rings is 1. The maximum atomic E-state index is 10.7. The SMILES string of the molecule is Cc1ccc(C)c(OCC(C)(O)C(=O)O)c1. The molecule has 0 aliphatic rings. The van der Waals surface area contributed by atoms with Crippen LogP contribution in [0, 0.1) is 13.8 Å². The van der Waals surface area contributed by atoms with Crippen molar-refractivity contribution in [3.8, 4) is 5.75 Å². The number of carboxylic acid groups (broad SMARTS) is 1. The topological polar surface area (TPSA) is 66.8 Å². The molecule has 0 saturated heterocycles. The first-order valence-electron chi connectivity index (χ1n) is 4.99. The van der Waals surface area contributed by atoms with Gasteiger partial charge in [0.25, 0.3) is 0 Å². The first-order chi connectivity index (χ1) is 7.33. The fourth-order valence-electron chi connectivity index (χ4n) is 1.14. The number of ether oxygens (including phenoxy) is 1. The van der Waals surface area contributed by atoms with Crippen LogP contribution in [0.5, 0.6) is 5.75 Å². The van der Waals surface area contributed by atoms with Gasteiger partial charge in [-0.05, 0) is 38.0 Å². The van der Waals surface area contributed by atoms with Gasteiger partial charge in [-0.1, -0.05) is 12.1 Å². The Bertz CT molecular complexity index is 396. The number of hydrogen-bond donors (Lipinski definition) is 2. The molecule has 16 heavy (non-hydrogen) atoms. The minimum absolute atomic E-state index is 0.271. The number of hydrogen-bond acceptors (Lipinski definition) is 3. The fourth-order valence-corrected chi connectivity index (χ4v) is 1.14. The van der Waals surface area contributed by atoms with Crippen molar-refractivity contribution < 1.29 is 19.7 Å². The van der Waals surface area contributed by atoms with Crippen molar-refractivity contribution in [3.05, 3.63) is 29.3 Å². The van der Waals surface area contributed by atoms with Crippen LogP contribution in [0.25, 0.3) is 0 Å². The molecule has 0 aliphatic heterocycles. The molecule has 4 heteroatoms. The van der Waals surface area contributed by atoms with Gasteiger partial charge in [0.15, 0.2) is 5.60 Å². The average Bonchev–Trinajstić information content (AvgIpc) is 2.19. The highest BCUT2D eigenvalue weighted by Crippen LogP contribution is 2.20. The van der Waals surface area contributed by atoms with Gasteiger partial charge in [-0.3, -0.25) is 0 Å². The lowest BCUT2D eigenvalue weighted by molar-refractivity contribution is -0.159. The molecule has 0 aromatic heterocycles. The van der Waals surface area contributed by atoms with Crippen molar-refractivity contribution in [2.45, 2.75) is 26.4 Å². The molecule has 1 atom stereocenters. The van der Waals surface area contributed by atoms with Crippen LogP contribution in [0.1, 0.15) is 18.1 Å². The molecular weight excluding hydrogens is 208 g/mol. The number of aliphatic hydroxyl groups is 1. The molecule has 0 fully saturated rings. The van der Waals surface area contributed by atoms with Crippen LogP contribution in [-0.4, -0.2) is 28.4 Å². The largest absolute Gasteiger partial charge is 0.490 e. The van der Waals surface area contributed by atoms with Gasteiger partial charge in [-0.25, -0.2) is 4.79 Å². The Hall–Kier alpha value is -1.55. The molecule has 0 saturated carbocycles. The van der Waals surface area contributed by atoms with Gasteiger partial charge < -0.3 is 14.9 Å². The van der Waals surface area contributed by atoms with E-state index in [4.69, 9.17) is 9.84 Å². The van der Waals surface area contributed by atoms with Gasteiger partial charge >= 0.3 is 5.97 Å². The van der Waals surface area contributed by atoms with Gasteiger partial charge in [-0.15, -0.1) is 0 Å². The second-order valence-electron chi connectivity index (χ2n) is 4.14. The van der Waals surface area contributed by atoms with Crippen molar-refractivity contribution in [1.82, 2.24) is 0 Å². The van der Waals surface area contributed by atoms with Gasteiger partial charge in [0.05, 0.1) is 0 Å². The van der Waals surface area contributed by atoms with E-state index in [-0.39, 0.29) is 6.61 Å². The third-order valence-electron chi connectivity index (χ3n) is 2.31. The van der Waals surface area contributed by atoms with Crippen LogP contribution in [0.4, 0.5) is 0 Å². The van der Waals surface area contributed by atoms with Crippen molar-refractivity contribution >= 4 is 5.97 Å². The minimum atomic E-state index is -1.86. The molecule has 0 spiro atoms. The zero-order chi connectivity index (χ0) is 12.3. The summed E-state index contributed by atoms with van der Waals surface area (Å²) in [4.78, 5) is 10.7.